The van der Waals surface area contributed by atoms with Crippen LogP contribution in [0.15, 0.2) is 18.5 Å². The van der Waals surface area contributed by atoms with Gasteiger partial charge in [-0.05, 0) is 37.3 Å². The van der Waals surface area contributed by atoms with Crippen molar-refractivity contribution in [2.75, 3.05) is 0 Å². The summed E-state index contributed by atoms with van der Waals surface area (Å²) in [6, 6.07) is 1.53. The highest BCUT2D eigenvalue weighted by atomic mass is 19.1. The smallest absolute Gasteiger partial charge is 0.141 e. The fourth-order valence-corrected chi connectivity index (χ4v) is 1.40. The van der Waals surface area contributed by atoms with E-state index in [0.717, 1.165) is 31.2 Å². The molecule has 0 atom stereocenters. The Kier molecular flexibility index (Phi) is 2.04. The van der Waals surface area contributed by atoms with Crippen molar-refractivity contribution in [1.29, 1.82) is 0 Å². The molecule has 0 unspecified atom stereocenters. The fraction of sp³-hybridized carbons (Fsp3) is 0.500. The summed E-state index contributed by atoms with van der Waals surface area (Å²) in [5.41, 5.74) is 6.91. The standard InChI is InChI=1S/C10H13FN2/c11-9-5-8(6-13-7-9)1-2-10(12)3-4-10/h5-7H,1-4,12H2. The summed E-state index contributed by atoms with van der Waals surface area (Å²) in [5.74, 6) is -0.264. The van der Waals surface area contributed by atoms with Gasteiger partial charge >= 0.3 is 0 Å². The second-order valence-electron chi connectivity index (χ2n) is 3.87. The van der Waals surface area contributed by atoms with Gasteiger partial charge in [0.2, 0.25) is 0 Å². The Hall–Kier alpha value is -0.960. The third-order valence-corrected chi connectivity index (χ3v) is 2.57. The van der Waals surface area contributed by atoms with E-state index >= 15 is 0 Å². The predicted molar refractivity (Wildman–Crippen MR) is 48.7 cm³/mol. The molecule has 1 aromatic rings. The van der Waals surface area contributed by atoms with Crippen molar-refractivity contribution in [3.8, 4) is 0 Å². The molecule has 0 amide bonds. The molecule has 3 heteroatoms. The molecule has 0 bridgehead atoms. The number of nitrogens with zero attached hydrogens (tertiary/aromatic N) is 1. The molecule has 13 heavy (non-hydrogen) atoms. The number of hydrogen-bond donors (Lipinski definition) is 1. The summed E-state index contributed by atoms with van der Waals surface area (Å²) in [7, 11) is 0. The highest BCUT2D eigenvalue weighted by Crippen LogP contribution is 2.36. The van der Waals surface area contributed by atoms with Crippen LogP contribution in [0.5, 0.6) is 0 Å². The second-order valence-corrected chi connectivity index (χ2v) is 3.87. The van der Waals surface area contributed by atoms with Crippen LogP contribution >= 0.6 is 0 Å². The zero-order chi connectivity index (χ0) is 9.31. The van der Waals surface area contributed by atoms with Crippen molar-refractivity contribution in [3.05, 3.63) is 29.8 Å². The van der Waals surface area contributed by atoms with Crippen LogP contribution in [-0.2, 0) is 6.42 Å². The summed E-state index contributed by atoms with van der Waals surface area (Å²) >= 11 is 0. The van der Waals surface area contributed by atoms with Gasteiger partial charge in [0.25, 0.3) is 0 Å². The number of nitrogens with two attached hydrogens (primary N) is 1. The minimum absolute atomic E-state index is 0.0479. The number of hydrogen-bond acceptors (Lipinski definition) is 2. The van der Waals surface area contributed by atoms with Gasteiger partial charge in [0.1, 0.15) is 5.82 Å². The summed E-state index contributed by atoms with van der Waals surface area (Å²) in [5, 5.41) is 0. The number of pyridine rings is 1. The Balaban J connectivity index is 1.94. The molecular formula is C10H13FN2. The number of rotatable bonds is 3. The molecule has 70 valence electrons. The first kappa shape index (κ1) is 8.63. The third-order valence-electron chi connectivity index (χ3n) is 2.57. The van der Waals surface area contributed by atoms with Crippen LogP contribution in [0.3, 0.4) is 0 Å². The highest BCUT2D eigenvalue weighted by molar-refractivity contribution is 5.12. The largest absolute Gasteiger partial charge is 0.325 e. The lowest BCUT2D eigenvalue weighted by Crippen LogP contribution is -2.22. The molecule has 2 nitrogen and oxygen atoms in total. The Morgan fingerprint density at radius 1 is 1.46 bits per heavy atom. The average Bonchev–Trinajstić information content (AvgIpc) is 2.82. The molecular weight excluding hydrogens is 167 g/mol. The Labute approximate surface area is 77.0 Å². The Morgan fingerprint density at radius 3 is 2.85 bits per heavy atom. The zero-order valence-electron chi connectivity index (χ0n) is 7.46. The maximum Gasteiger partial charge on any atom is 0.141 e. The topological polar surface area (TPSA) is 38.9 Å². The van der Waals surface area contributed by atoms with Crippen LogP contribution < -0.4 is 5.73 Å². The molecule has 1 heterocycles. The maximum atomic E-state index is 12.7. The molecule has 0 aromatic carbocycles. The lowest BCUT2D eigenvalue weighted by molar-refractivity contribution is 0.595. The third kappa shape index (κ3) is 2.25. The molecule has 1 aliphatic rings. The van der Waals surface area contributed by atoms with E-state index in [1.165, 1.54) is 12.3 Å². The maximum absolute atomic E-state index is 12.7. The Morgan fingerprint density at radius 2 is 2.23 bits per heavy atom. The van der Waals surface area contributed by atoms with Gasteiger partial charge in [0, 0.05) is 11.7 Å². The van der Waals surface area contributed by atoms with E-state index in [1.807, 2.05) is 0 Å². The van der Waals surface area contributed by atoms with Gasteiger partial charge in [-0.2, -0.15) is 0 Å². The molecule has 0 spiro atoms. The van der Waals surface area contributed by atoms with Crippen molar-refractivity contribution in [1.82, 2.24) is 4.98 Å². The molecule has 0 saturated heterocycles. The van der Waals surface area contributed by atoms with Gasteiger partial charge in [-0.25, -0.2) is 4.39 Å². The average molecular weight is 180 g/mol. The van der Waals surface area contributed by atoms with Crippen LogP contribution in [0.25, 0.3) is 0 Å². The van der Waals surface area contributed by atoms with Gasteiger partial charge in [-0.3, -0.25) is 4.98 Å². The monoisotopic (exact) mass is 180 g/mol. The normalized spacial score (nSPS) is 18.6. The SMILES string of the molecule is NC1(CCc2cncc(F)c2)CC1. The van der Waals surface area contributed by atoms with Crippen molar-refractivity contribution < 1.29 is 4.39 Å². The van der Waals surface area contributed by atoms with Crippen molar-refractivity contribution in [2.45, 2.75) is 31.2 Å². The summed E-state index contributed by atoms with van der Waals surface area (Å²) in [6.07, 6.45) is 6.92. The quantitative estimate of drug-likeness (QED) is 0.768. The van der Waals surface area contributed by atoms with E-state index in [0.29, 0.717) is 0 Å². The Bertz CT molecular complexity index is 308. The number of halogens is 1. The number of aryl methyl sites for hydroxylation is 1. The first-order valence-corrected chi connectivity index (χ1v) is 4.56. The lowest BCUT2D eigenvalue weighted by Gasteiger charge is -2.07. The van der Waals surface area contributed by atoms with Crippen LogP contribution in [0.4, 0.5) is 4.39 Å². The van der Waals surface area contributed by atoms with E-state index in [4.69, 9.17) is 5.73 Å². The summed E-state index contributed by atoms with van der Waals surface area (Å²) < 4.78 is 12.7. The number of aromatic nitrogens is 1. The van der Waals surface area contributed by atoms with E-state index in [2.05, 4.69) is 4.98 Å². The van der Waals surface area contributed by atoms with Crippen LogP contribution in [0, 0.1) is 5.82 Å². The van der Waals surface area contributed by atoms with Crippen molar-refractivity contribution in [3.63, 3.8) is 0 Å². The highest BCUT2D eigenvalue weighted by Gasteiger charge is 2.37. The van der Waals surface area contributed by atoms with Crippen molar-refractivity contribution >= 4 is 0 Å². The fourth-order valence-electron chi connectivity index (χ4n) is 1.40. The molecule has 1 aromatic heterocycles. The molecule has 2 rings (SSSR count). The van der Waals surface area contributed by atoms with E-state index < -0.39 is 0 Å². The van der Waals surface area contributed by atoms with Crippen molar-refractivity contribution in [2.24, 2.45) is 5.73 Å². The van der Waals surface area contributed by atoms with Crippen LogP contribution in [0.1, 0.15) is 24.8 Å². The van der Waals surface area contributed by atoms with Gasteiger partial charge in [-0.1, -0.05) is 0 Å². The van der Waals surface area contributed by atoms with Crippen LogP contribution in [0.2, 0.25) is 0 Å². The predicted octanol–water partition coefficient (Wildman–Crippen LogP) is 1.64. The molecule has 2 N–H and O–H groups in total. The minimum Gasteiger partial charge on any atom is -0.325 e. The molecule has 1 aliphatic carbocycles. The zero-order valence-corrected chi connectivity index (χ0v) is 7.46. The van der Waals surface area contributed by atoms with E-state index in [1.54, 1.807) is 6.20 Å². The van der Waals surface area contributed by atoms with E-state index in [-0.39, 0.29) is 11.4 Å². The molecule has 0 aliphatic heterocycles. The van der Waals surface area contributed by atoms with Gasteiger partial charge in [0.05, 0.1) is 6.20 Å². The summed E-state index contributed by atoms with van der Waals surface area (Å²) in [6.45, 7) is 0. The second kappa shape index (κ2) is 3.07. The lowest BCUT2D eigenvalue weighted by atomic mass is 10.1. The van der Waals surface area contributed by atoms with Gasteiger partial charge < -0.3 is 5.73 Å². The minimum atomic E-state index is -0.264. The van der Waals surface area contributed by atoms with Gasteiger partial charge in [0.15, 0.2) is 0 Å². The van der Waals surface area contributed by atoms with E-state index in [9.17, 15) is 4.39 Å². The van der Waals surface area contributed by atoms with Crippen LogP contribution in [-0.4, -0.2) is 10.5 Å². The van der Waals surface area contributed by atoms with Gasteiger partial charge in [-0.15, -0.1) is 0 Å². The molecule has 0 radical (unpaired) electrons. The first-order chi connectivity index (χ1) is 6.18. The molecule has 1 fully saturated rings. The first-order valence-electron chi connectivity index (χ1n) is 4.56. The molecule has 1 saturated carbocycles. The summed E-state index contributed by atoms with van der Waals surface area (Å²) in [4.78, 5) is 3.79.